The monoisotopic (exact) mass is 462 g/mol. The van der Waals surface area contributed by atoms with Crippen molar-refractivity contribution < 1.29 is 13.9 Å². The average Bonchev–Trinajstić information content (AvgIpc) is 2.90. The molecule has 0 bridgehead atoms. The summed E-state index contributed by atoms with van der Waals surface area (Å²) < 4.78 is 19.5. The molecule has 2 aromatic heterocycles. The highest BCUT2D eigenvalue weighted by Crippen LogP contribution is 2.34. The lowest BCUT2D eigenvalue weighted by Gasteiger charge is -2.12. The second-order valence-electron chi connectivity index (χ2n) is 7.68. The second-order valence-corrected chi connectivity index (χ2v) is 7.68. The number of halogens is 1. The van der Waals surface area contributed by atoms with Gasteiger partial charge in [-0.2, -0.15) is 0 Å². The van der Waals surface area contributed by atoms with Crippen LogP contribution in [0.2, 0.25) is 0 Å². The maximum absolute atomic E-state index is 13.9. The van der Waals surface area contributed by atoms with E-state index < -0.39 is 5.82 Å². The molecule has 6 nitrogen and oxygen atoms in total. The van der Waals surface area contributed by atoms with Crippen LogP contribution in [0.25, 0.3) is 33.2 Å². The van der Waals surface area contributed by atoms with Gasteiger partial charge in [-0.05, 0) is 59.7 Å². The van der Waals surface area contributed by atoms with Crippen molar-refractivity contribution in [3.63, 3.8) is 0 Å². The van der Waals surface area contributed by atoms with Crippen LogP contribution in [0.1, 0.15) is 0 Å². The van der Waals surface area contributed by atoms with Gasteiger partial charge >= 0.3 is 0 Å². The van der Waals surface area contributed by atoms with E-state index in [4.69, 9.17) is 4.74 Å². The van der Waals surface area contributed by atoms with Crippen molar-refractivity contribution in [2.24, 2.45) is 0 Å². The third-order valence-corrected chi connectivity index (χ3v) is 5.35. The van der Waals surface area contributed by atoms with Crippen molar-refractivity contribution in [2.75, 3.05) is 5.32 Å². The minimum atomic E-state index is -0.455. The molecule has 0 fully saturated rings. The summed E-state index contributed by atoms with van der Waals surface area (Å²) in [4.78, 5) is 24.8. The molecule has 1 N–H and O–H groups in total. The molecule has 0 spiro atoms. The number of amides is 1. The summed E-state index contributed by atoms with van der Waals surface area (Å²) in [7, 11) is 0. The van der Waals surface area contributed by atoms with E-state index in [1.165, 1.54) is 18.5 Å². The lowest BCUT2D eigenvalue weighted by molar-refractivity contribution is -0.111. The number of carbonyl (C=O) groups excluding carboxylic acids is 1. The highest BCUT2D eigenvalue weighted by molar-refractivity contribution is 6.01. The fourth-order valence-corrected chi connectivity index (χ4v) is 3.70. The Morgan fingerprint density at radius 1 is 0.914 bits per heavy atom. The maximum atomic E-state index is 13.9. The van der Waals surface area contributed by atoms with Gasteiger partial charge in [0.2, 0.25) is 11.8 Å². The molecule has 2 heterocycles. The summed E-state index contributed by atoms with van der Waals surface area (Å²) in [5, 5.41) is 3.64. The normalized spacial score (nSPS) is 10.7. The molecule has 5 rings (SSSR count). The van der Waals surface area contributed by atoms with E-state index in [1.807, 2.05) is 42.5 Å². The van der Waals surface area contributed by atoms with Crippen molar-refractivity contribution in [1.29, 1.82) is 0 Å². The summed E-state index contributed by atoms with van der Waals surface area (Å²) >= 11 is 0. The zero-order chi connectivity index (χ0) is 24.2. The van der Waals surface area contributed by atoms with E-state index in [1.54, 1.807) is 36.7 Å². The van der Waals surface area contributed by atoms with E-state index in [9.17, 15) is 9.18 Å². The van der Waals surface area contributed by atoms with Gasteiger partial charge in [0.25, 0.3) is 0 Å². The number of para-hydroxylation sites is 1. The first-order valence-corrected chi connectivity index (χ1v) is 10.8. The third-order valence-electron chi connectivity index (χ3n) is 5.35. The van der Waals surface area contributed by atoms with Gasteiger partial charge in [0, 0.05) is 40.7 Å². The average molecular weight is 462 g/mol. The molecule has 0 unspecified atom stereocenters. The van der Waals surface area contributed by atoms with Crippen molar-refractivity contribution in [3.8, 4) is 33.9 Å². The minimum Gasteiger partial charge on any atom is -0.436 e. The lowest BCUT2D eigenvalue weighted by Crippen LogP contribution is -2.07. The number of carbonyl (C=O) groups is 1. The molecule has 0 aliphatic heterocycles. The molecule has 0 saturated carbocycles. The Hall–Kier alpha value is -4.91. The van der Waals surface area contributed by atoms with Gasteiger partial charge in [0.05, 0.1) is 5.52 Å². The molecular weight excluding hydrogens is 443 g/mol. The zero-order valence-electron chi connectivity index (χ0n) is 18.5. The number of rotatable bonds is 6. The SMILES string of the molecule is C=CC(=O)Nc1cccc(-c2cc(-c3ccc(Oc4ccccc4F)nc3)cc3cncnc23)c1. The number of hydrogen-bond acceptors (Lipinski definition) is 5. The van der Waals surface area contributed by atoms with Gasteiger partial charge in [-0.25, -0.2) is 19.3 Å². The van der Waals surface area contributed by atoms with Crippen molar-refractivity contribution >= 4 is 22.5 Å². The van der Waals surface area contributed by atoms with Gasteiger partial charge in [0.15, 0.2) is 11.6 Å². The number of aromatic nitrogens is 3. The molecule has 0 radical (unpaired) electrons. The Balaban J connectivity index is 1.53. The Kier molecular flexibility index (Phi) is 5.96. The number of ether oxygens (including phenoxy) is 1. The van der Waals surface area contributed by atoms with E-state index in [-0.39, 0.29) is 17.5 Å². The van der Waals surface area contributed by atoms with Crippen LogP contribution in [0.15, 0.2) is 104 Å². The van der Waals surface area contributed by atoms with Crippen LogP contribution in [-0.4, -0.2) is 20.9 Å². The molecule has 0 atom stereocenters. The van der Waals surface area contributed by atoms with Crippen molar-refractivity contribution in [2.45, 2.75) is 0 Å². The molecule has 1 amide bonds. The van der Waals surface area contributed by atoms with Crippen LogP contribution in [-0.2, 0) is 4.79 Å². The Labute approximate surface area is 200 Å². The van der Waals surface area contributed by atoms with Gasteiger partial charge in [-0.15, -0.1) is 0 Å². The van der Waals surface area contributed by atoms with E-state index in [2.05, 4.69) is 26.8 Å². The predicted molar refractivity (Wildman–Crippen MR) is 134 cm³/mol. The first-order chi connectivity index (χ1) is 17.1. The van der Waals surface area contributed by atoms with Crippen LogP contribution in [0.4, 0.5) is 10.1 Å². The number of pyridine rings is 1. The Bertz CT molecular complexity index is 1550. The number of fused-ring (bicyclic) bond motifs is 1. The molecule has 0 aliphatic rings. The molecular formula is C28H19FN4O2. The topological polar surface area (TPSA) is 77.0 Å². The predicted octanol–water partition coefficient (Wildman–Crippen LogP) is 6.41. The van der Waals surface area contributed by atoms with E-state index in [0.717, 1.165) is 33.2 Å². The van der Waals surface area contributed by atoms with Gasteiger partial charge in [0.1, 0.15) is 6.33 Å². The van der Waals surface area contributed by atoms with Crippen LogP contribution in [0.5, 0.6) is 11.6 Å². The van der Waals surface area contributed by atoms with E-state index in [0.29, 0.717) is 5.69 Å². The summed E-state index contributed by atoms with van der Waals surface area (Å²) in [5.74, 6) is -0.342. The highest BCUT2D eigenvalue weighted by Gasteiger charge is 2.12. The van der Waals surface area contributed by atoms with Crippen molar-refractivity contribution in [1.82, 2.24) is 15.0 Å². The molecule has 5 aromatic rings. The number of benzene rings is 3. The largest absolute Gasteiger partial charge is 0.436 e. The number of hydrogen-bond donors (Lipinski definition) is 1. The summed E-state index contributed by atoms with van der Waals surface area (Å²) in [6.45, 7) is 3.49. The van der Waals surface area contributed by atoms with Crippen LogP contribution < -0.4 is 10.1 Å². The molecule has 0 saturated heterocycles. The van der Waals surface area contributed by atoms with E-state index >= 15 is 0 Å². The summed E-state index contributed by atoms with van der Waals surface area (Å²) in [5.41, 5.74) is 4.92. The smallest absolute Gasteiger partial charge is 0.247 e. The van der Waals surface area contributed by atoms with Crippen LogP contribution in [0.3, 0.4) is 0 Å². The fraction of sp³-hybridized carbons (Fsp3) is 0. The molecule has 0 aliphatic carbocycles. The number of nitrogens with zero attached hydrogens (tertiary/aromatic N) is 3. The quantitative estimate of drug-likeness (QED) is 0.295. The third kappa shape index (κ3) is 4.74. The van der Waals surface area contributed by atoms with Gasteiger partial charge in [-0.1, -0.05) is 30.8 Å². The summed E-state index contributed by atoms with van der Waals surface area (Å²) in [6, 6.07) is 21.2. The standard InChI is InChI=1S/C28H19FN4O2/c1-2-26(34)33-22-7-5-6-18(13-22)23-14-20(12-21-15-30-17-32-28(21)23)19-10-11-27(31-16-19)35-25-9-4-3-8-24(25)29/h2-17H,1H2,(H,33,34). The lowest BCUT2D eigenvalue weighted by atomic mass is 9.96. The number of nitrogens with one attached hydrogen (secondary N) is 1. The minimum absolute atomic E-state index is 0.112. The molecule has 170 valence electrons. The second kappa shape index (κ2) is 9.52. The Morgan fingerprint density at radius 3 is 2.60 bits per heavy atom. The van der Waals surface area contributed by atoms with Crippen LogP contribution >= 0.6 is 0 Å². The Morgan fingerprint density at radius 2 is 1.80 bits per heavy atom. The zero-order valence-corrected chi connectivity index (χ0v) is 18.5. The van der Waals surface area contributed by atoms with Gasteiger partial charge in [-0.3, -0.25) is 4.79 Å². The van der Waals surface area contributed by atoms with Crippen LogP contribution in [0, 0.1) is 5.82 Å². The molecule has 35 heavy (non-hydrogen) atoms. The highest BCUT2D eigenvalue weighted by atomic mass is 19.1. The maximum Gasteiger partial charge on any atom is 0.247 e. The van der Waals surface area contributed by atoms with Gasteiger partial charge < -0.3 is 10.1 Å². The molecule has 3 aromatic carbocycles. The molecule has 7 heteroatoms. The van der Waals surface area contributed by atoms with Crippen molar-refractivity contribution in [3.05, 3.63) is 110 Å². The first kappa shape index (κ1) is 21.9. The number of anilines is 1. The fourth-order valence-electron chi connectivity index (χ4n) is 3.70. The first-order valence-electron chi connectivity index (χ1n) is 10.8. The summed E-state index contributed by atoms with van der Waals surface area (Å²) in [6.07, 6.45) is 6.15.